The molecule has 1 aliphatic heterocycles. The zero-order chi connectivity index (χ0) is 24.8. The van der Waals surface area contributed by atoms with E-state index in [1.54, 1.807) is 13.3 Å². The molecule has 0 unspecified atom stereocenters. The SMILES string of the molecule is COc1ccc2nccc([C@@H](O)CC[C@@H]3CCN(CCCc4cccc(C)c4)C[C@@H]3C(=O)O)c2c1. The Morgan fingerprint density at radius 1 is 1.23 bits per heavy atom. The molecule has 1 fully saturated rings. The first kappa shape index (κ1) is 25.1. The minimum atomic E-state index is -0.730. The number of fused-ring (bicyclic) bond motifs is 1. The molecule has 0 saturated carbocycles. The van der Waals surface area contributed by atoms with Gasteiger partial charge in [0.15, 0.2) is 0 Å². The maximum absolute atomic E-state index is 12.1. The highest BCUT2D eigenvalue weighted by molar-refractivity contribution is 5.83. The Hall–Kier alpha value is -2.96. The standard InChI is InChI=1S/C29H36N2O4/c1-20-5-3-6-21(17-20)7-4-15-31-16-13-22(26(19-31)29(33)34)8-11-28(32)24-12-14-30-27-10-9-23(35-2)18-25(24)27/h3,5-6,9-10,12,14,17-18,22,26,28,32H,4,7-8,11,13,15-16,19H2,1-2H3,(H,33,34)/t22-,26+,28+/m1/s1. The van der Waals surface area contributed by atoms with Gasteiger partial charge in [0.2, 0.25) is 0 Å². The van der Waals surface area contributed by atoms with Gasteiger partial charge in [0.25, 0.3) is 0 Å². The second-order valence-electron chi connectivity index (χ2n) is 9.76. The third-order valence-corrected chi connectivity index (χ3v) is 7.33. The molecule has 0 spiro atoms. The fourth-order valence-electron chi connectivity index (χ4n) is 5.36. The smallest absolute Gasteiger partial charge is 0.308 e. The molecule has 0 amide bonds. The van der Waals surface area contributed by atoms with Crippen LogP contribution in [0.2, 0.25) is 0 Å². The number of pyridine rings is 1. The molecule has 2 N–H and O–H groups in total. The van der Waals surface area contributed by atoms with Crippen molar-refractivity contribution in [3.63, 3.8) is 0 Å². The van der Waals surface area contributed by atoms with Crippen LogP contribution in [0.1, 0.15) is 48.5 Å². The Morgan fingerprint density at radius 3 is 2.86 bits per heavy atom. The number of hydrogen-bond acceptors (Lipinski definition) is 5. The fraction of sp³-hybridized carbons (Fsp3) is 0.448. The topological polar surface area (TPSA) is 82.9 Å². The summed E-state index contributed by atoms with van der Waals surface area (Å²) < 4.78 is 5.34. The summed E-state index contributed by atoms with van der Waals surface area (Å²) in [7, 11) is 1.62. The molecule has 1 aliphatic rings. The van der Waals surface area contributed by atoms with Crippen molar-refractivity contribution >= 4 is 16.9 Å². The van der Waals surface area contributed by atoms with Crippen molar-refractivity contribution < 1.29 is 19.7 Å². The minimum absolute atomic E-state index is 0.0674. The first-order valence-corrected chi connectivity index (χ1v) is 12.6. The Morgan fingerprint density at radius 2 is 2.09 bits per heavy atom. The summed E-state index contributed by atoms with van der Waals surface area (Å²) in [6.45, 7) is 4.52. The number of carboxylic acids is 1. The molecule has 2 aromatic carbocycles. The molecule has 2 heterocycles. The predicted molar refractivity (Wildman–Crippen MR) is 138 cm³/mol. The molecule has 1 aromatic heterocycles. The highest BCUT2D eigenvalue weighted by Gasteiger charge is 2.34. The molecular weight excluding hydrogens is 440 g/mol. The van der Waals surface area contributed by atoms with E-state index in [0.717, 1.165) is 54.6 Å². The number of likely N-dealkylation sites (tertiary alicyclic amines) is 1. The molecular formula is C29H36N2O4. The monoisotopic (exact) mass is 476 g/mol. The summed E-state index contributed by atoms with van der Waals surface area (Å²) >= 11 is 0. The van der Waals surface area contributed by atoms with E-state index in [4.69, 9.17) is 4.74 Å². The number of carboxylic acid groups (broad SMARTS) is 1. The van der Waals surface area contributed by atoms with Crippen molar-refractivity contribution in [2.75, 3.05) is 26.7 Å². The van der Waals surface area contributed by atoms with Crippen LogP contribution in [0.5, 0.6) is 5.75 Å². The highest BCUT2D eigenvalue weighted by atomic mass is 16.5. The molecule has 3 aromatic rings. The lowest BCUT2D eigenvalue weighted by molar-refractivity contribution is -0.146. The van der Waals surface area contributed by atoms with Crippen LogP contribution in [0.3, 0.4) is 0 Å². The Kier molecular flexibility index (Phi) is 8.37. The van der Waals surface area contributed by atoms with Gasteiger partial charge in [-0.1, -0.05) is 29.8 Å². The number of methoxy groups -OCH3 is 1. The van der Waals surface area contributed by atoms with Gasteiger partial charge >= 0.3 is 5.97 Å². The number of ether oxygens (including phenoxy) is 1. The third-order valence-electron chi connectivity index (χ3n) is 7.33. The normalized spacial score (nSPS) is 19.5. The maximum atomic E-state index is 12.1. The van der Waals surface area contributed by atoms with Crippen LogP contribution < -0.4 is 4.74 Å². The molecule has 0 bridgehead atoms. The van der Waals surface area contributed by atoms with Crippen molar-refractivity contribution in [2.45, 2.75) is 45.1 Å². The van der Waals surface area contributed by atoms with Gasteiger partial charge in [-0.25, -0.2) is 0 Å². The van der Waals surface area contributed by atoms with E-state index >= 15 is 0 Å². The van der Waals surface area contributed by atoms with Crippen molar-refractivity contribution in [3.8, 4) is 5.75 Å². The second kappa shape index (κ2) is 11.6. The molecule has 35 heavy (non-hydrogen) atoms. The van der Waals surface area contributed by atoms with Gasteiger partial charge in [0.05, 0.1) is 24.6 Å². The molecule has 3 atom stereocenters. The van der Waals surface area contributed by atoms with Gasteiger partial charge in [-0.2, -0.15) is 0 Å². The average molecular weight is 477 g/mol. The van der Waals surface area contributed by atoms with Gasteiger partial charge in [-0.3, -0.25) is 9.78 Å². The zero-order valence-electron chi connectivity index (χ0n) is 20.7. The van der Waals surface area contributed by atoms with Crippen LogP contribution in [0.15, 0.2) is 54.7 Å². The molecule has 0 aliphatic carbocycles. The van der Waals surface area contributed by atoms with Crippen LogP contribution in [0.4, 0.5) is 0 Å². The third kappa shape index (κ3) is 6.38. The second-order valence-corrected chi connectivity index (χ2v) is 9.76. The Bertz CT molecular complexity index is 1150. The first-order valence-electron chi connectivity index (χ1n) is 12.6. The number of nitrogens with zero attached hydrogens (tertiary/aromatic N) is 2. The maximum Gasteiger partial charge on any atom is 0.308 e. The van der Waals surface area contributed by atoms with Gasteiger partial charge in [-0.15, -0.1) is 0 Å². The summed E-state index contributed by atoms with van der Waals surface area (Å²) in [5, 5.41) is 21.8. The van der Waals surface area contributed by atoms with Crippen molar-refractivity contribution in [3.05, 3.63) is 71.4 Å². The van der Waals surface area contributed by atoms with Crippen LogP contribution in [0, 0.1) is 18.8 Å². The summed E-state index contributed by atoms with van der Waals surface area (Å²) in [5.74, 6) is -0.339. The lowest BCUT2D eigenvalue weighted by Gasteiger charge is -2.37. The summed E-state index contributed by atoms with van der Waals surface area (Å²) in [6.07, 6.45) is 5.13. The molecule has 1 saturated heterocycles. The first-order chi connectivity index (χ1) is 16.9. The van der Waals surface area contributed by atoms with Gasteiger partial charge < -0.3 is 19.8 Å². The van der Waals surface area contributed by atoms with Crippen molar-refractivity contribution in [1.82, 2.24) is 9.88 Å². The summed E-state index contributed by atoms with van der Waals surface area (Å²) in [6, 6.07) is 16.1. The number of piperidine rings is 1. The number of aryl methyl sites for hydroxylation is 2. The quantitative estimate of drug-likeness (QED) is 0.428. The van der Waals surface area contributed by atoms with E-state index in [-0.39, 0.29) is 5.92 Å². The van der Waals surface area contributed by atoms with Crippen LogP contribution >= 0.6 is 0 Å². The molecule has 4 rings (SSSR count). The molecule has 186 valence electrons. The largest absolute Gasteiger partial charge is 0.497 e. The average Bonchev–Trinajstić information content (AvgIpc) is 2.87. The van der Waals surface area contributed by atoms with Crippen LogP contribution in [0.25, 0.3) is 10.9 Å². The Labute approximate surface area is 207 Å². The molecule has 0 radical (unpaired) electrons. The van der Waals surface area contributed by atoms with E-state index in [1.165, 1.54) is 11.1 Å². The van der Waals surface area contributed by atoms with E-state index < -0.39 is 18.0 Å². The number of aliphatic hydroxyl groups excluding tert-OH is 1. The van der Waals surface area contributed by atoms with Gasteiger partial charge in [-0.05, 0) is 93.4 Å². The number of aromatic nitrogens is 1. The Balaban J connectivity index is 1.33. The minimum Gasteiger partial charge on any atom is -0.497 e. The number of carbonyl (C=O) groups is 1. The van der Waals surface area contributed by atoms with Gasteiger partial charge in [0.1, 0.15) is 5.75 Å². The van der Waals surface area contributed by atoms with E-state index in [9.17, 15) is 15.0 Å². The predicted octanol–water partition coefficient (Wildman–Crippen LogP) is 5.02. The van der Waals surface area contributed by atoms with E-state index in [1.807, 2.05) is 24.3 Å². The number of rotatable bonds is 10. The number of hydrogen-bond donors (Lipinski definition) is 2. The van der Waals surface area contributed by atoms with E-state index in [2.05, 4.69) is 41.1 Å². The van der Waals surface area contributed by atoms with Crippen molar-refractivity contribution in [2.24, 2.45) is 11.8 Å². The summed E-state index contributed by atoms with van der Waals surface area (Å²) in [5.41, 5.74) is 4.24. The van der Waals surface area contributed by atoms with Gasteiger partial charge in [0, 0.05) is 18.1 Å². The van der Waals surface area contributed by atoms with Crippen LogP contribution in [-0.4, -0.2) is 52.8 Å². The molecule has 6 nitrogen and oxygen atoms in total. The lowest BCUT2D eigenvalue weighted by atomic mass is 9.81. The highest BCUT2D eigenvalue weighted by Crippen LogP contribution is 2.33. The fourth-order valence-corrected chi connectivity index (χ4v) is 5.36. The van der Waals surface area contributed by atoms with Crippen LogP contribution in [-0.2, 0) is 11.2 Å². The number of aliphatic hydroxyl groups is 1. The lowest BCUT2D eigenvalue weighted by Crippen LogP contribution is -2.44. The zero-order valence-corrected chi connectivity index (χ0v) is 20.7. The molecule has 6 heteroatoms. The summed E-state index contributed by atoms with van der Waals surface area (Å²) in [4.78, 5) is 18.8. The van der Waals surface area contributed by atoms with Crippen molar-refractivity contribution in [1.29, 1.82) is 0 Å². The number of aliphatic carboxylic acids is 1. The van der Waals surface area contributed by atoms with E-state index in [0.29, 0.717) is 19.4 Å². The number of benzene rings is 2.